The second kappa shape index (κ2) is 4.23. The Labute approximate surface area is 82.7 Å². The number of hydrogen-bond donors (Lipinski definition) is 2. The Balaban J connectivity index is 2.57. The summed E-state index contributed by atoms with van der Waals surface area (Å²) in [6.07, 6.45) is 1.47. The molecule has 0 fully saturated rings. The van der Waals surface area contributed by atoms with Gasteiger partial charge >= 0.3 is 6.01 Å². The van der Waals surface area contributed by atoms with E-state index in [1.807, 2.05) is 13.8 Å². The normalized spacial score (nSPS) is 12.9. The van der Waals surface area contributed by atoms with Crippen LogP contribution in [0, 0.1) is 12.8 Å². The van der Waals surface area contributed by atoms with Crippen LogP contribution in [0.1, 0.15) is 19.5 Å². The van der Waals surface area contributed by atoms with Crippen molar-refractivity contribution in [2.75, 3.05) is 5.32 Å². The van der Waals surface area contributed by atoms with Gasteiger partial charge in [0.15, 0.2) is 0 Å². The molecule has 0 bridgehead atoms. The largest absolute Gasteiger partial charge is 0.432 e. The van der Waals surface area contributed by atoms with Crippen molar-refractivity contribution in [1.82, 2.24) is 4.98 Å². The Morgan fingerprint density at radius 3 is 2.71 bits per heavy atom. The number of hydrogen-bond acceptors (Lipinski definition) is 4. The maximum Gasteiger partial charge on any atom is 0.301 e. The van der Waals surface area contributed by atoms with E-state index < -0.39 is 6.04 Å². The number of anilines is 1. The van der Waals surface area contributed by atoms with Crippen molar-refractivity contribution in [3.05, 3.63) is 12.0 Å². The fourth-order valence-corrected chi connectivity index (χ4v) is 0.903. The molecule has 1 rings (SSSR count). The van der Waals surface area contributed by atoms with Gasteiger partial charge in [0.2, 0.25) is 5.91 Å². The lowest BCUT2D eigenvalue weighted by Gasteiger charge is -2.13. The van der Waals surface area contributed by atoms with Gasteiger partial charge in [-0.25, -0.2) is 0 Å². The van der Waals surface area contributed by atoms with Crippen molar-refractivity contribution in [2.24, 2.45) is 11.7 Å². The van der Waals surface area contributed by atoms with E-state index >= 15 is 0 Å². The molecule has 0 aliphatic carbocycles. The van der Waals surface area contributed by atoms with Crippen LogP contribution < -0.4 is 11.1 Å². The molecule has 1 aromatic rings. The van der Waals surface area contributed by atoms with Crippen molar-refractivity contribution in [3.8, 4) is 0 Å². The minimum absolute atomic E-state index is 0.0889. The fourth-order valence-electron chi connectivity index (χ4n) is 0.903. The van der Waals surface area contributed by atoms with E-state index in [4.69, 9.17) is 10.2 Å². The highest BCUT2D eigenvalue weighted by molar-refractivity contribution is 5.93. The van der Waals surface area contributed by atoms with Gasteiger partial charge in [-0.15, -0.1) is 0 Å². The zero-order valence-corrected chi connectivity index (χ0v) is 8.57. The van der Waals surface area contributed by atoms with Crippen molar-refractivity contribution < 1.29 is 9.21 Å². The van der Waals surface area contributed by atoms with E-state index in [2.05, 4.69) is 10.3 Å². The molecular formula is C9H15N3O2. The van der Waals surface area contributed by atoms with Crippen molar-refractivity contribution >= 4 is 11.9 Å². The predicted molar refractivity (Wildman–Crippen MR) is 52.7 cm³/mol. The molecule has 1 aromatic heterocycles. The first kappa shape index (κ1) is 10.7. The molecule has 3 N–H and O–H groups in total. The van der Waals surface area contributed by atoms with E-state index in [1.54, 1.807) is 6.92 Å². The second-order valence-corrected chi connectivity index (χ2v) is 3.55. The fraction of sp³-hybridized carbons (Fsp3) is 0.556. The van der Waals surface area contributed by atoms with E-state index in [9.17, 15) is 4.79 Å². The monoisotopic (exact) mass is 197 g/mol. The number of amides is 1. The number of oxazole rings is 1. The lowest BCUT2D eigenvalue weighted by molar-refractivity contribution is -0.118. The van der Waals surface area contributed by atoms with Gasteiger partial charge in [0.25, 0.3) is 0 Å². The third-order valence-corrected chi connectivity index (χ3v) is 1.87. The molecule has 5 nitrogen and oxygen atoms in total. The summed E-state index contributed by atoms with van der Waals surface area (Å²) in [4.78, 5) is 15.4. The number of aryl methyl sites for hydroxylation is 1. The predicted octanol–water partition coefficient (Wildman–Crippen LogP) is 0.905. The average Bonchev–Trinajstić information content (AvgIpc) is 2.49. The van der Waals surface area contributed by atoms with Crippen LogP contribution in [0.25, 0.3) is 0 Å². The zero-order valence-electron chi connectivity index (χ0n) is 8.57. The van der Waals surface area contributed by atoms with Crippen LogP contribution >= 0.6 is 0 Å². The molecule has 0 unspecified atom stereocenters. The van der Waals surface area contributed by atoms with Crippen LogP contribution in [0.2, 0.25) is 0 Å². The molecule has 0 aromatic carbocycles. The van der Waals surface area contributed by atoms with Crippen LogP contribution in [-0.4, -0.2) is 16.9 Å². The highest BCUT2D eigenvalue weighted by Gasteiger charge is 2.18. The molecule has 5 heteroatoms. The Bertz CT molecular complexity index is 320. The van der Waals surface area contributed by atoms with Crippen LogP contribution in [0.3, 0.4) is 0 Å². The molecule has 0 aliphatic heterocycles. The minimum atomic E-state index is -0.540. The summed E-state index contributed by atoms with van der Waals surface area (Å²) in [7, 11) is 0. The van der Waals surface area contributed by atoms with Gasteiger partial charge in [-0.2, -0.15) is 4.98 Å². The molecule has 1 amide bonds. The molecule has 0 saturated heterocycles. The van der Waals surface area contributed by atoms with Crippen molar-refractivity contribution in [1.29, 1.82) is 0 Å². The number of carbonyl (C=O) groups excluding carboxylic acids is 1. The van der Waals surface area contributed by atoms with Crippen molar-refractivity contribution in [3.63, 3.8) is 0 Å². The van der Waals surface area contributed by atoms with Gasteiger partial charge in [-0.05, 0) is 12.8 Å². The average molecular weight is 197 g/mol. The maximum atomic E-state index is 11.4. The Morgan fingerprint density at radius 2 is 2.29 bits per heavy atom. The molecule has 1 atom stereocenters. The zero-order chi connectivity index (χ0) is 10.7. The third kappa shape index (κ3) is 2.56. The third-order valence-electron chi connectivity index (χ3n) is 1.87. The SMILES string of the molecule is Cc1coc(NC(=O)[C@H](N)C(C)C)n1. The lowest BCUT2D eigenvalue weighted by atomic mass is 10.1. The summed E-state index contributed by atoms with van der Waals surface area (Å²) in [5.41, 5.74) is 6.35. The molecular weight excluding hydrogens is 182 g/mol. The van der Waals surface area contributed by atoms with Crippen molar-refractivity contribution in [2.45, 2.75) is 26.8 Å². The molecule has 0 spiro atoms. The molecule has 14 heavy (non-hydrogen) atoms. The minimum Gasteiger partial charge on any atom is -0.432 e. The van der Waals surface area contributed by atoms with Crippen LogP contribution in [0.15, 0.2) is 10.7 Å². The number of carbonyl (C=O) groups is 1. The Hall–Kier alpha value is -1.36. The highest BCUT2D eigenvalue weighted by Crippen LogP contribution is 2.07. The van der Waals surface area contributed by atoms with Gasteiger partial charge in [0.1, 0.15) is 6.26 Å². The molecule has 0 radical (unpaired) electrons. The topological polar surface area (TPSA) is 81.2 Å². The first-order valence-electron chi connectivity index (χ1n) is 4.49. The smallest absolute Gasteiger partial charge is 0.301 e. The summed E-state index contributed by atoms with van der Waals surface area (Å²) in [5.74, 6) is -0.187. The van der Waals surface area contributed by atoms with Crippen LogP contribution in [0.4, 0.5) is 6.01 Å². The van der Waals surface area contributed by atoms with E-state index in [0.717, 1.165) is 5.69 Å². The first-order valence-corrected chi connectivity index (χ1v) is 4.49. The summed E-state index contributed by atoms with van der Waals surface area (Å²) < 4.78 is 4.97. The number of nitrogens with zero attached hydrogens (tertiary/aromatic N) is 1. The number of rotatable bonds is 3. The Morgan fingerprint density at radius 1 is 1.64 bits per heavy atom. The quantitative estimate of drug-likeness (QED) is 0.754. The van der Waals surface area contributed by atoms with Gasteiger partial charge < -0.3 is 10.2 Å². The number of aromatic nitrogens is 1. The van der Waals surface area contributed by atoms with E-state index in [0.29, 0.717) is 0 Å². The van der Waals surface area contributed by atoms with Gasteiger partial charge in [0, 0.05) is 0 Å². The molecule has 0 aliphatic rings. The summed E-state index contributed by atoms with van der Waals surface area (Å²) in [5, 5.41) is 2.50. The van der Waals surface area contributed by atoms with E-state index in [-0.39, 0.29) is 17.8 Å². The summed E-state index contributed by atoms with van der Waals surface area (Å²) >= 11 is 0. The van der Waals surface area contributed by atoms with Gasteiger partial charge in [-0.1, -0.05) is 13.8 Å². The first-order chi connectivity index (χ1) is 6.50. The van der Waals surface area contributed by atoms with Crippen LogP contribution in [0.5, 0.6) is 0 Å². The summed E-state index contributed by atoms with van der Waals surface area (Å²) in [6, 6.07) is -0.342. The number of nitrogens with two attached hydrogens (primary N) is 1. The molecule has 78 valence electrons. The Kier molecular flexibility index (Phi) is 3.24. The molecule has 0 saturated carbocycles. The standard InChI is InChI=1S/C9H15N3O2/c1-5(2)7(10)8(13)12-9-11-6(3)4-14-9/h4-5,7H,10H2,1-3H3,(H,11,12,13)/t7-/m1/s1. The maximum absolute atomic E-state index is 11.4. The van der Waals surface area contributed by atoms with Crippen LogP contribution in [-0.2, 0) is 4.79 Å². The summed E-state index contributed by atoms with van der Waals surface area (Å²) in [6.45, 7) is 5.54. The van der Waals surface area contributed by atoms with Gasteiger partial charge in [0.05, 0.1) is 11.7 Å². The van der Waals surface area contributed by atoms with E-state index in [1.165, 1.54) is 6.26 Å². The second-order valence-electron chi connectivity index (χ2n) is 3.55. The number of nitrogens with one attached hydrogen (secondary N) is 1. The molecule has 1 heterocycles. The highest BCUT2D eigenvalue weighted by atomic mass is 16.4. The lowest BCUT2D eigenvalue weighted by Crippen LogP contribution is -2.39. The van der Waals surface area contributed by atoms with Gasteiger partial charge in [-0.3, -0.25) is 10.1 Å².